The van der Waals surface area contributed by atoms with E-state index >= 15 is 0 Å². The van der Waals surface area contributed by atoms with Gasteiger partial charge in [0.1, 0.15) is 0 Å². The van der Waals surface area contributed by atoms with Crippen molar-refractivity contribution in [3.05, 3.63) is 23.3 Å². The van der Waals surface area contributed by atoms with Crippen LogP contribution in [-0.4, -0.2) is 23.7 Å². The Labute approximate surface area is 111 Å². The largest absolute Gasteiger partial charge is 0.481 e. The van der Waals surface area contributed by atoms with E-state index in [2.05, 4.69) is 0 Å². The zero-order chi connectivity index (χ0) is 14.2. The number of carboxylic acid groups (broad SMARTS) is 1. The lowest BCUT2D eigenvalue weighted by Crippen LogP contribution is -2.28. The van der Waals surface area contributed by atoms with E-state index < -0.39 is 11.4 Å². The highest BCUT2D eigenvalue weighted by Crippen LogP contribution is 2.37. The second-order valence-corrected chi connectivity index (χ2v) is 5.30. The number of hydrogen-bond donors (Lipinski definition) is 1. The minimum absolute atomic E-state index is 0.144. The molecule has 0 amide bonds. The Morgan fingerprint density at radius 2 is 1.84 bits per heavy atom. The highest BCUT2D eigenvalue weighted by Gasteiger charge is 2.33. The molecular formula is C14H16O5. The van der Waals surface area contributed by atoms with Gasteiger partial charge in [0.2, 0.25) is 6.79 Å². The lowest BCUT2D eigenvalue weighted by atomic mass is 9.80. The Morgan fingerprint density at radius 1 is 1.26 bits per heavy atom. The Morgan fingerprint density at radius 3 is 2.42 bits per heavy atom. The average Bonchev–Trinajstić information content (AvgIpc) is 2.72. The fourth-order valence-corrected chi connectivity index (χ4v) is 2.11. The maximum atomic E-state index is 12.5. The molecule has 0 fully saturated rings. The van der Waals surface area contributed by atoms with Gasteiger partial charge in [0.05, 0.1) is 6.42 Å². The Hall–Kier alpha value is -2.04. The molecule has 5 heteroatoms. The first kappa shape index (κ1) is 13.4. The number of hydrogen-bond acceptors (Lipinski definition) is 4. The normalized spacial score (nSPS) is 13.4. The van der Waals surface area contributed by atoms with Gasteiger partial charge in [0, 0.05) is 11.0 Å². The fraction of sp³-hybridized carbons (Fsp3) is 0.429. The summed E-state index contributed by atoms with van der Waals surface area (Å²) < 4.78 is 10.5. The molecule has 0 radical (unpaired) electrons. The molecule has 0 aliphatic carbocycles. The molecule has 1 aromatic carbocycles. The van der Waals surface area contributed by atoms with Gasteiger partial charge in [-0.2, -0.15) is 0 Å². The first-order valence-corrected chi connectivity index (χ1v) is 5.98. The van der Waals surface area contributed by atoms with Crippen LogP contribution in [-0.2, 0) is 4.79 Å². The summed E-state index contributed by atoms with van der Waals surface area (Å²) in [4.78, 5) is 23.3. The molecule has 0 saturated carbocycles. The predicted octanol–water partition coefficient (Wildman–Crippen LogP) is 2.41. The van der Waals surface area contributed by atoms with Crippen molar-refractivity contribution >= 4 is 11.8 Å². The zero-order valence-electron chi connectivity index (χ0n) is 11.1. The van der Waals surface area contributed by atoms with Crippen LogP contribution in [0.25, 0.3) is 0 Å². The van der Waals surface area contributed by atoms with E-state index in [1.54, 1.807) is 32.9 Å². The smallest absolute Gasteiger partial charge is 0.304 e. The SMILES string of the molecule is Cc1cc2c(cc1C(=O)C(C)(C)CC(=O)O)OCO2. The molecule has 1 heterocycles. The Balaban J connectivity index is 2.36. The first-order chi connectivity index (χ1) is 8.81. The van der Waals surface area contributed by atoms with Gasteiger partial charge >= 0.3 is 5.97 Å². The second kappa shape index (κ2) is 4.57. The van der Waals surface area contributed by atoms with E-state index in [-0.39, 0.29) is 19.0 Å². The number of carbonyl (C=O) groups excluding carboxylic acids is 1. The summed E-state index contributed by atoms with van der Waals surface area (Å²) >= 11 is 0. The highest BCUT2D eigenvalue weighted by molar-refractivity contribution is 6.03. The Kier molecular flexibility index (Phi) is 3.22. The molecule has 0 saturated heterocycles. The maximum Gasteiger partial charge on any atom is 0.304 e. The molecule has 0 unspecified atom stereocenters. The number of ketones is 1. The van der Waals surface area contributed by atoms with Crippen molar-refractivity contribution in [3.63, 3.8) is 0 Å². The van der Waals surface area contributed by atoms with Crippen LogP contribution in [0.2, 0.25) is 0 Å². The van der Waals surface area contributed by atoms with E-state index in [1.165, 1.54) is 0 Å². The van der Waals surface area contributed by atoms with Crippen molar-refractivity contribution in [2.75, 3.05) is 6.79 Å². The zero-order valence-corrected chi connectivity index (χ0v) is 11.1. The van der Waals surface area contributed by atoms with Crippen molar-refractivity contribution in [1.82, 2.24) is 0 Å². The van der Waals surface area contributed by atoms with Crippen LogP contribution in [0.1, 0.15) is 36.2 Å². The van der Waals surface area contributed by atoms with Crippen LogP contribution in [0.15, 0.2) is 12.1 Å². The van der Waals surface area contributed by atoms with Crippen molar-refractivity contribution < 1.29 is 24.2 Å². The topological polar surface area (TPSA) is 72.8 Å². The Bertz CT molecular complexity index is 545. The number of rotatable bonds is 4. The quantitative estimate of drug-likeness (QED) is 0.845. The van der Waals surface area contributed by atoms with Crippen LogP contribution in [0.4, 0.5) is 0 Å². The molecule has 0 atom stereocenters. The summed E-state index contributed by atoms with van der Waals surface area (Å²) in [6, 6.07) is 3.37. The third-order valence-corrected chi connectivity index (χ3v) is 3.17. The molecule has 0 aromatic heterocycles. The summed E-state index contributed by atoms with van der Waals surface area (Å²) in [6.07, 6.45) is -0.209. The molecule has 1 N–H and O–H groups in total. The second-order valence-electron chi connectivity index (χ2n) is 5.30. The molecule has 2 rings (SSSR count). The summed E-state index contributed by atoms with van der Waals surface area (Å²) in [5.74, 6) is -0.0485. The van der Waals surface area contributed by atoms with Gasteiger partial charge in [-0.25, -0.2) is 0 Å². The lowest BCUT2D eigenvalue weighted by molar-refractivity contribution is -0.138. The average molecular weight is 264 g/mol. The molecule has 1 aromatic rings. The fourth-order valence-electron chi connectivity index (χ4n) is 2.11. The minimum atomic E-state index is -0.989. The molecular weight excluding hydrogens is 248 g/mol. The van der Waals surface area contributed by atoms with Crippen LogP contribution < -0.4 is 9.47 Å². The number of benzene rings is 1. The molecule has 0 spiro atoms. The third kappa shape index (κ3) is 2.54. The number of aliphatic carboxylic acids is 1. The van der Waals surface area contributed by atoms with Crippen molar-refractivity contribution in [1.29, 1.82) is 0 Å². The molecule has 0 bridgehead atoms. The van der Waals surface area contributed by atoms with E-state index in [9.17, 15) is 9.59 Å². The van der Waals surface area contributed by atoms with Crippen LogP contribution in [0.5, 0.6) is 11.5 Å². The van der Waals surface area contributed by atoms with Crippen molar-refractivity contribution in [3.8, 4) is 11.5 Å². The van der Waals surface area contributed by atoms with Crippen LogP contribution in [0.3, 0.4) is 0 Å². The highest BCUT2D eigenvalue weighted by atomic mass is 16.7. The number of carbonyl (C=O) groups is 2. The van der Waals surface area contributed by atoms with Gasteiger partial charge < -0.3 is 14.6 Å². The van der Waals surface area contributed by atoms with Crippen molar-refractivity contribution in [2.45, 2.75) is 27.2 Å². The summed E-state index contributed by atoms with van der Waals surface area (Å²) in [5, 5.41) is 8.87. The molecule has 5 nitrogen and oxygen atoms in total. The molecule has 1 aliphatic heterocycles. The molecule has 102 valence electrons. The molecule has 19 heavy (non-hydrogen) atoms. The van der Waals surface area contributed by atoms with Gasteiger partial charge in [-0.1, -0.05) is 13.8 Å². The number of Topliss-reactive ketones (excluding diaryl/α,β-unsaturated/α-hetero) is 1. The summed E-state index contributed by atoms with van der Waals surface area (Å²) in [7, 11) is 0. The third-order valence-electron chi connectivity index (χ3n) is 3.17. The van der Waals surface area contributed by atoms with Gasteiger partial charge in [-0.3, -0.25) is 9.59 Å². The first-order valence-electron chi connectivity index (χ1n) is 5.98. The van der Waals surface area contributed by atoms with Gasteiger partial charge in [-0.05, 0) is 24.6 Å². The molecule has 1 aliphatic rings. The summed E-state index contributed by atoms with van der Waals surface area (Å²) in [5.41, 5.74) is 0.285. The summed E-state index contributed by atoms with van der Waals surface area (Å²) in [6.45, 7) is 5.21. The number of carboxylic acids is 1. The number of fused-ring (bicyclic) bond motifs is 1. The number of ether oxygens (including phenoxy) is 2. The van der Waals surface area contributed by atoms with Crippen LogP contribution in [0, 0.1) is 12.3 Å². The maximum absolute atomic E-state index is 12.5. The monoisotopic (exact) mass is 264 g/mol. The lowest BCUT2D eigenvalue weighted by Gasteiger charge is -2.22. The van der Waals surface area contributed by atoms with E-state index in [4.69, 9.17) is 14.6 Å². The van der Waals surface area contributed by atoms with E-state index in [1.807, 2.05) is 0 Å². The van der Waals surface area contributed by atoms with Gasteiger partial charge in [-0.15, -0.1) is 0 Å². The van der Waals surface area contributed by atoms with E-state index in [0.717, 1.165) is 5.56 Å². The van der Waals surface area contributed by atoms with Crippen LogP contribution >= 0.6 is 0 Å². The predicted molar refractivity (Wildman–Crippen MR) is 67.7 cm³/mol. The van der Waals surface area contributed by atoms with E-state index in [0.29, 0.717) is 17.1 Å². The van der Waals surface area contributed by atoms with Gasteiger partial charge in [0.15, 0.2) is 17.3 Å². The standard InChI is InChI=1S/C14H16O5/c1-8-4-10-11(19-7-18-10)5-9(8)13(17)14(2,3)6-12(15)16/h4-5H,6-7H2,1-3H3,(H,15,16). The van der Waals surface area contributed by atoms with Gasteiger partial charge in [0.25, 0.3) is 0 Å². The minimum Gasteiger partial charge on any atom is -0.481 e. The van der Waals surface area contributed by atoms with Crippen molar-refractivity contribution in [2.24, 2.45) is 5.41 Å². The number of aryl methyl sites for hydroxylation is 1.